The van der Waals surface area contributed by atoms with Gasteiger partial charge in [-0.15, -0.1) is 0 Å². The average Bonchev–Trinajstić information content (AvgIpc) is 2.17. The predicted molar refractivity (Wildman–Crippen MR) is 64.7 cm³/mol. The number of ether oxygens (including phenoxy) is 1. The minimum Gasteiger partial charge on any atom is -0.496 e. The van der Waals surface area contributed by atoms with E-state index < -0.39 is 0 Å². The molecule has 84 valence electrons. The monoisotopic (exact) mass is 207 g/mol. The smallest absolute Gasteiger partial charge is 0.121 e. The Bertz CT molecular complexity index is 331. The first kappa shape index (κ1) is 12.1. The summed E-state index contributed by atoms with van der Waals surface area (Å²) in [4.78, 5) is 0. The third kappa shape index (κ3) is 2.72. The molecule has 1 aromatic rings. The second-order valence-electron chi connectivity index (χ2n) is 4.60. The molecule has 0 saturated carbocycles. The van der Waals surface area contributed by atoms with Crippen LogP contribution in [0.3, 0.4) is 0 Å². The highest BCUT2D eigenvalue weighted by Gasteiger charge is 2.20. The fourth-order valence-electron chi connectivity index (χ4n) is 1.84. The summed E-state index contributed by atoms with van der Waals surface area (Å²) in [6.45, 7) is 7.53. The van der Waals surface area contributed by atoms with Crippen LogP contribution < -0.4 is 10.1 Å². The van der Waals surface area contributed by atoms with Crippen LogP contribution in [0.25, 0.3) is 0 Å². The maximum atomic E-state index is 5.26. The normalized spacial score (nSPS) is 11.5. The third-order valence-corrected chi connectivity index (χ3v) is 2.80. The number of aryl methyl sites for hydroxylation is 1. The second kappa shape index (κ2) is 4.67. The largest absolute Gasteiger partial charge is 0.496 e. The lowest BCUT2D eigenvalue weighted by atomic mass is 9.84. The van der Waals surface area contributed by atoms with Crippen LogP contribution in [0.15, 0.2) is 18.2 Å². The summed E-state index contributed by atoms with van der Waals surface area (Å²) in [5.41, 5.74) is 2.69. The number of hydrogen-bond acceptors (Lipinski definition) is 2. The SMILES string of the molecule is CNCC(C)(C)c1ccc(OC)c(C)c1. The lowest BCUT2D eigenvalue weighted by Crippen LogP contribution is -2.30. The topological polar surface area (TPSA) is 21.3 Å². The molecule has 1 aromatic carbocycles. The van der Waals surface area contributed by atoms with Crippen molar-refractivity contribution in [2.45, 2.75) is 26.2 Å². The standard InChI is InChI=1S/C13H21NO/c1-10-8-11(6-7-12(10)15-5)13(2,3)9-14-4/h6-8,14H,9H2,1-5H3. The van der Waals surface area contributed by atoms with E-state index in [2.05, 4.69) is 38.2 Å². The molecule has 0 fully saturated rings. The number of methoxy groups -OCH3 is 1. The Morgan fingerprint density at radius 1 is 1.33 bits per heavy atom. The first-order valence-corrected chi connectivity index (χ1v) is 5.31. The molecule has 0 aliphatic rings. The van der Waals surface area contributed by atoms with Gasteiger partial charge in [0.25, 0.3) is 0 Å². The van der Waals surface area contributed by atoms with Gasteiger partial charge in [0, 0.05) is 12.0 Å². The van der Waals surface area contributed by atoms with Gasteiger partial charge in [-0.25, -0.2) is 0 Å². The van der Waals surface area contributed by atoms with Gasteiger partial charge in [0.05, 0.1) is 7.11 Å². The number of rotatable bonds is 4. The van der Waals surface area contributed by atoms with Crippen molar-refractivity contribution in [1.82, 2.24) is 5.32 Å². The van der Waals surface area contributed by atoms with E-state index >= 15 is 0 Å². The Morgan fingerprint density at radius 2 is 2.00 bits per heavy atom. The fourth-order valence-corrected chi connectivity index (χ4v) is 1.84. The average molecular weight is 207 g/mol. The van der Waals surface area contributed by atoms with Crippen molar-refractivity contribution in [3.05, 3.63) is 29.3 Å². The Kier molecular flexibility index (Phi) is 3.75. The maximum absolute atomic E-state index is 5.26. The zero-order chi connectivity index (χ0) is 11.5. The van der Waals surface area contributed by atoms with Crippen molar-refractivity contribution in [3.8, 4) is 5.75 Å². The van der Waals surface area contributed by atoms with Gasteiger partial charge < -0.3 is 10.1 Å². The molecule has 0 aliphatic heterocycles. The molecule has 0 amide bonds. The second-order valence-corrected chi connectivity index (χ2v) is 4.60. The Labute approximate surface area is 92.6 Å². The molecular formula is C13H21NO. The predicted octanol–water partition coefficient (Wildman–Crippen LogP) is 2.50. The zero-order valence-electron chi connectivity index (χ0n) is 10.3. The summed E-state index contributed by atoms with van der Waals surface area (Å²) >= 11 is 0. The third-order valence-electron chi connectivity index (χ3n) is 2.80. The molecule has 15 heavy (non-hydrogen) atoms. The van der Waals surface area contributed by atoms with Crippen LogP contribution in [0.4, 0.5) is 0 Å². The first-order chi connectivity index (χ1) is 7.01. The Balaban J connectivity index is 3.01. The van der Waals surface area contributed by atoms with Gasteiger partial charge in [0.2, 0.25) is 0 Å². The molecule has 1 N–H and O–H groups in total. The molecule has 0 aromatic heterocycles. The summed E-state index contributed by atoms with van der Waals surface area (Å²) in [6, 6.07) is 6.39. The highest BCUT2D eigenvalue weighted by molar-refractivity contribution is 5.39. The molecule has 2 nitrogen and oxygen atoms in total. The van der Waals surface area contributed by atoms with Crippen molar-refractivity contribution >= 4 is 0 Å². The summed E-state index contributed by atoms with van der Waals surface area (Å²) < 4.78 is 5.26. The fraction of sp³-hybridized carbons (Fsp3) is 0.538. The van der Waals surface area contributed by atoms with Gasteiger partial charge >= 0.3 is 0 Å². The molecular weight excluding hydrogens is 186 g/mol. The van der Waals surface area contributed by atoms with Crippen molar-refractivity contribution in [2.75, 3.05) is 20.7 Å². The van der Waals surface area contributed by atoms with Crippen LogP contribution in [-0.4, -0.2) is 20.7 Å². The Morgan fingerprint density at radius 3 is 2.47 bits per heavy atom. The van der Waals surface area contributed by atoms with Crippen LogP contribution in [0.2, 0.25) is 0 Å². The van der Waals surface area contributed by atoms with Crippen LogP contribution >= 0.6 is 0 Å². The van der Waals surface area contributed by atoms with Crippen molar-refractivity contribution in [3.63, 3.8) is 0 Å². The molecule has 0 saturated heterocycles. The van der Waals surface area contributed by atoms with Crippen LogP contribution in [-0.2, 0) is 5.41 Å². The highest BCUT2D eigenvalue weighted by Crippen LogP contribution is 2.27. The van der Waals surface area contributed by atoms with Crippen molar-refractivity contribution in [1.29, 1.82) is 0 Å². The summed E-state index contributed by atoms with van der Waals surface area (Å²) in [7, 11) is 3.69. The summed E-state index contributed by atoms with van der Waals surface area (Å²) in [5, 5.41) is 3.22. The minimum atomic E-state index is 0.159. The number of likely N-dealkylation sites (N-methyl/N-ethyl adjacent to an activating group) is 1. The Hall–Kier alpha value is -1.02. The first-order valence-electron chi connectivity index (χ1n) is 5.31. The number of nitrogens with one attached hydrogen (secondary N) is 1. The molecule has 0 unspecified atom stereocenters. The summed E-state index contributed by atoms with van der Waals surface area (Å²) in [6.07, 6.45) is 0. The maximum Gasteiger partial charge on any atom is 0.121 e. The molecule has 1 rings (SSSR count). The zero-order valence-corrected chi connectivity index (χ0v) is 10.3. The van der Waals surface area contributed by atoms with Gasteiger partial charge in [0.1, 0.15) is 5.75 Å². The lowest BCUT2D eigenvalue weighted by Gasteiger charge is -2.25. The molecule has 2 heteroatoms. The number of hydrogen-bond donors (Lipinski definition) is 1. The van der Waals surface area contributed by atoms with E-state index in [1.807, 2.05) is 13.1 Å². The van der Waals surface area contributed by atoms with Gasteiger partial charge in [-0.1, -0.05) is 26.0 Å². The van der Waals surface area contributed by atoms with Crippen LogP contribution in [0, 0.1) is 6.92 Å². The van der Waals surface area contributed by atoms with Crippen molar-refractivity contribution in [2.24, 2.45) is 0 Å². The van der Waals surface area contributed by atoms with E-state index in [1.54, 1.807) is 7.11 Å². The summed E-state index contributed by atoms with van der Waals surface area (Å²) in [5.74, 6) is 0.957. The van der Waals surface area contributed by atoms with E-state index in [0.717, 1.165) is 12.3 Å². The van der Waals surface area contributed by atoms with Crippen molar-refractivity contribution < 1.29 is 4.74 Å². The number of benzene rings is 1. The van der Waals surface area contributed by atoms with Crippen LogP contribution in [0.1, 0.15) is 25.0 Å². The van der Waals surface area contributed by atoms with Gasteiger partial charge in [-0.05, 0) is 31.2 Å². The quantitative estimate of drug-likeness (QED) is 0.819. The molecule has 0 radical (unpaired) electrons. The molecule has 0 heterocycles. The van der Waals surface area contributed by atoms with E-state index in [9.17, 15) is 0 Å². The highest BCUT2D eigenvalue weighted by atomic mass is 16.5. The van der Waals surface area contributed by atoms with Gasteiger partial charge in [-0.2, -0.15) is 0 Å². The molecule has 0 spiro atoms. The minimum absolute atomic E-state index is 0.159. The van der Waals surface area contributed by atoms with Crippen LogP contribution in [0.5, 0.6) is 5.75 Å². The van der Waals surface area contributed by atoms with E-state index in [4.69, 9.17) is 4.74 Å². The van der Waals surface area contributed by atoms with Gasteiger partial charge in [-0.3, -0.25) is 0 Å². The van der Waals surface area contributed by atoms with E-state index in [-0.39, 0.29) is 5.41 Å². The molecule has 0 aliphatic carbocycles. The van der Waals surface area contributed by atoms with E-state index in [0.29, 0.717) is 0 Å². The lowest BCUT2D eigenvalue weighted by molar-refractivity contribution is 0.410. The van der Waals surface area contributed by atoms with Gasteiger partial charge in [0.15, 0.2) is 0 Å². The van der Waals surface area contributed by atoms with E-state index in [1.165, 1.54) is 11.1 Å². The molecule has 0 atom stereocenters. The molecule has 0 bridgehead atoms.